The zero-order valence-corrected chi connectivity index (χ0v) is 16.0. The molecule has 0 aromatic heterocycles. The number of hydrogen-bond acceptors (Lipinski definition) is 2. The molecule has 0 bridgehead atoms. The molecule has 0 radical (unpaired) electrons. The van der Waals surface area contributed by atoms with Crippen LogP contribution in [0.4, 0.5) is 13.2 Å². The average Bonchev–Trinajstić information content (AvgIpc) is 2.33. The van der Waals surface area contributed by atoms with Gasteiger partial charge >= 0.3 is 6.18 Å². The van der Waals surface area contributed by atoms with Gasteiger partial charge in [0.05, 0.1) is 0 Å². The van der Waals surface area contributed by atoms with Crippen molar-refractivity contribution in [3.05, 3.63) is 0 Å². The number of rotatable bonds is 6. The Morgan fingerprint density at radius 3 is 2.23 bits per heavy atom. The van der Waals surface area contributed by atoms with Crippen molar-refractivity contribution in [3.8, 4) is 0 Å². The van der Waals surface area contributed by atoms with Gasteiger partial charge in [0, 0.05) is 19.6 Å². The Morgan fingerprint density at radius 1 is 1.27 bits per heavy atom. The van der Waals surface area contributed by atoms with Crippen molar-refractivity contribution in [2.24, 2.45) is 10.9 Å². The molecular weight excluding hydrogens is 412 g/mol. The molecule has 0 aromatic carbocycles. The molecule has 0 rings (SSSR count). The number of alkyl halides is 3. The Hall–Kier alpha value is -0.740. The summed E-state index contributed by atoms with van der Waals surface area (Å²) in [4.78, 5) is 16.3. The van der Waals surface area contributed by atoms with Crippen molar-refractivity contribution in [1.29, 1.82) is 0 Å². The number of likely N-dealkylation sites (N-methyl/N-ethyl adjacent to an activating group) is 1. The van der Waals surface area contributed by atoms with Gasteiger partial charge < -0.3 is 15.5 Å². The number of carbonyl (C=O) groups excluding carboxylic acids is 1. The third kappa shape index (κ3) is 10.9. The Kier molecular flexibility index (Phi) is 11.7. The number of aliphatic imine (C=N–C) groups is 1. The van der Waals surface area contributed by atoms with Crippen LogP contribution in [-0.4, -0.2) is 55.7 Å². The number of halogens is 4. The smallest absolute Gasteiger partial charge is 0.357 e. The molecule has 0 fully saturated rings. The first-order valence-electron chi connectivity index (χ1n) is 6.92. The first-order chi connectivity index (χ1) is 9.56. The Morgan fingerprint density at radius 2 is 1.82 bits per heavy atom. The van der Waals surface area contributed by atoms with E-state index >= 15 is 0 Å². The molecule has 0 aliphatic heterocycles. The summed E-state index contributed by atoms with van der Waals surface area (Å²) in [5.74, 6) is 0.103. The van der Waals surface area contributed by atoms with Gasteiger partial charge in [0.1, 0.15) is 13.1 Å². The van der Waals surface area contributed by atoms with Crippen LogP contribution in [0.2, 0.25) is 0 Å². The minimum atomic E-state index is -4.40. The number of carbonyl (C=O) groups is 1. The van der Waals surface area contributed by atoms with Crippen molar-refractivity contribution >= 4 is 35.8 Å². The maximum atomic E-state index is 12.2. The van der Waals surface area contributed by atoms with Gasteiger partial charge in [-0.3, -0.25) is 4.79 Å². The van der Waals surface area contributed by atoms with Crippen LogP contribution >= 0.6 is 24.0 Å². The molecule has 0 heterocycles. The maximum absolute atomic E-state index is 12.2. The van der Waals surface area contributed by atoms with Crippen molar-refractivity contribution in [2.75, 3.05) is 26.7 Å². The molecular formula is C13H26F3IN4O. The molecule has 9 heteroatoms. The van der Waals surface area contributed by atoms with E-state index in [9.17, 15) is 18.0 Å². The van der Waals surface area contributed by atoms with E-state index in [0.29, 0.717) is 23.3 Å². The highest BCUT2D eigenvalue weighted by atomic mass is 127. The van der Waals surface area contributed by atoms with Crippen LogP contribution < -0.4 is 10.6 Å². The van der Waals surface area contributed by atoms with Gasteiger partial charge in [-0.2, -0.15) is 13.2 Å². The van der Waals surface area contributed by atoms with Crippen LogP contribution in [0.25, 0.3) is 0 Å². The third-order valence-corrected chi connectivity index (χ3v) is 2.92. The predicted octanol–water partition coefficient (Wildman–Crippen LogP) is 2.22. The fourth-order valence-electron chi connectivity index (χ4n) is 1.33. The third-order valence-electron chi connectivity index (χ3n) is 2.92. The zero-order valence-electron chi connectivity index (χ0n) is 13.6. The number of nitrogens with zero attached hydrogens (tertiary/aromatic N) is 2. The maximum Gasteiger partial charge on any atom is 0.406 e. The molecule has 22 heavy (non-hydrogen) atoms. The number of amides is 1. The molecule has 2 N–H and O–H groups in total. The molecule has 1 unspecified atom stereocenters. The van der Waals surface area contributed by atoms with E-state index < -0.39 is 18.6 Å². The molecule has 1 amide bonds. The Bertz CT molecular complexity index is 362. The summed E-state index contributed by atoms with van der Waals surface area (Å²) in [6.45, 7) is 6.90. The first kappa shape index (κ1) is 23.5. The topological polar surface area (TPSA) is 56.7 Å². The van der Waals surface area contributed by atoms with E-state index in [0.717, 1.165) is 7.05 Å². The molecule has 132 valence electrons. The number of guanidine groups is 1. The van der Waals surface area contributed by atoms with Crippen molar-refractivity contribution in [2.45, 2.75) is 39.9 Å². The van der Waals surface area contributed by atoms with Crippen LogP contribution in [0.1, 0.15) is 27.7 Å². The fraction of sp³-hybridized carbons (Fsp3) is 0.846. The summed E-state index contributed by atoms with van der Waals surface area (Å²) < 4.78 is 36.6. The normalized spacial score (nSPS) is 13.4. The quantitative estimate of drug-likeness (QED) is 0.380. The molecule has 0 spiro atoms. The lowest BCUT2D eigenvalue weighted by Crippen LogP contribution is -2.45. The minimum Gasteiger partial charge on any atom is -0.357 e. The lowest BCUT2D eigenvalue weighted by molar-refractivity contribution is -0.157. The summed E-state index contributed by atoms with van der Waals surface area (Å²) in [6.07, 6.45) is -4.40. The summed E-state index contributed by atoms with van der Waals surface area (Å²) in [5.41, 5.74) is 0. The molecule has 5 nitrogen and oxygen atoms in total. The second-order valence-electron chi connectivity index (χ2n) is 5.24. The SMILES string of the molecule is CCNC(=NCC(=O)N(C)CC(F)(F)F)NC(C)C(C)C.I. The minimum absolute atomic E-state index is 0. The lowest BCUT2D eigenvalue weighted by atomic mass is 10.1. The van der Waals surface area contributed by atoms with Crippen LogP contribution in [0.5, 0.6) is 0 Å². The van der Waals surface area contributed by atoms with E-state index in [4.69, 9.17) is 0 Å². The van der Waals surface area contributed by atoms with E-state index in [1.165, 1.54) is 0 Å². The van der Waals surface area contributed by atoms with E-state index in [1.807, 2.05) is 27.7 Å². The van der Waals surface area contributed by atoms with Crippen LogP contribution in [0.3, 0.4) is 0 Å². The molecule has 0 aromatic rings. The molecule has 0 saturated carbocycles. The van der Waals surface area contributed by atoms with Gasteiger partial charge in [-0.05, 0) is 19.8 Å². The van der Waals surface area contributed by atoms with Crippen LogP contribution in [0, 0.1) is 5.92 Å². The van der Waals surface area contributed by atoms with Crippen molar-refractivity contribution in [1.82, 2.24) is 15.5 Å². The molecule has 0 saturated heterocycles. The summed E-state index contributed by atoms with van der Waals surface area (Å²) in [7, 11) is 1.11. The molecule has 0 aliphatic carbocycles. The Balaban J connectivity index is 0. The highest BCUT2D eigenvalue weighted by molar-refractivity contribution is 14.0. The predicted molar refractivity (Wildman–Crippen MR) is 92.5 cm³/mol. The molecule has 0 aliphatic rings. The fourth-order valence-corrected chi connectivity index (χ4v) is 1.33. The standard InChI is InChI=1S/C13H25F3N4O.HI/c1-6-17-12(19-10(4)9(2)3)18-7-11(21)20(5)8-13(14,15)16;/h9-10H,6-8H2,1-5H3,(H2,17,18,19);1H. The van der Waals surface area contributed by atoms with Crippen molar-refractivity contribution < 1.29 is 18.0 Å². The van der Waals surface area contributed by atoms with Crippen molar-refractivity contribution in [3.63, 3.8) is 0 Å². The first-order valence-corrected chi connectivity index (χ1v) is 6.92. The highest BCUT2D eigenvalue weighted by Crippen LogP contribution is 2.15. The summed E-state index contributed by atoms with van der Waals surface area (Å²) in [6, 6.07) is 0.130. The second kappa shape index (κ2) is 10.9. The summed E-state index contributed by atoms with van der Waals surface area (Å²) >= 11 is 0. The van der Waals surface area contributed by atoms with E-state index in [-0.39, 0.29) is 36.6 Å². The van der Waals surface area contributed by atoms with E-state index in [2.05, 4.69) is 15.6 Å². The lowest BCUT2D eigenvalue weighted by Gasteiger charge is -2.21. The highest BCUT2D eigenvalue weighted by Gasteiger charge is 2.31. The monoisotopic (exact) mass is 438 g/mol. The second-order valence-corrected chi connectivity index (χ2v) is 5.24. The molecule has 1 atom stereocenters. The van der Waals surface area contributed by atoms with Gasteiger partial charge in [-0.1, -0.05) is 13.8 Å². The van der Waals surface area contributed by atoms with Gasteiger partial charge in [0.2, 0.25) is 5.91 Å². The van der Waals surface area contributed by atoms with Gasteiger partial charge in [0.15, 0.2) is 5.96 Å². The summed E-state index contributed by atoms with van der Waals surface area (Å²) in [5, 5.41) is 6.06. The van der Waals surface area contributed by atoms with E-state index in [1.54, 1.807) is 0 Å². The number of nitrogens with one attached hydrogen (secondary N) is 2. The van der Waals surface area contributed by atoms with Crippen LogP contribution in [0.15, 0.2) is 4.99 Å². The van der Waals surface area contributed by atoms with Gasteiger partial charge in [-0.25, -0.2) is 4.99 Å². The van der Waals surface area contributed by atoms with Crippen LogP contribution in [-0.2, 0) is 4.79 Å². The number of hydrogen-bond donors (Lipinski definition) is 2. The largest absolute Gasteiger partial charge is 0.406 e. The van der Waals surface area contributed by atoms with Gasteiger partial charge in [-0.15, -0.1) is 24.0 Å². The zero-order chi connectivity index (χ0) is 16.6. The average molecular weight is 438 g/mol. The van der Waals surface area contributed by atoms with Gasteiger partial charge in [0.25, 0.3) is 0 Å². The Labute approximate surface area is 147 Å².